The van der Waals surface area contributed by atoms with Crippen molar-refractivity contribution in [2.45, 2.75) is 99.5 Å². The van der Waals surface area contributed by atoms with Crippen LogP contribution in [-0.2, 0) is 24.0 Å². The molecule has 4 saturated carbocycles. The summed E-state index contributed by atoms with van der Waals surface area (Å²) in [5.41, 5.74) is -2.64. The number of fused-ring (bicyclic) bond motifs is 5. The van der Waals surface area contributed by atoms with Crippen molar-refractivity contribution >= 4 is 29.1 Å². The molecule has 7 nitrogen and oxygen atoms in total. The summed E-state index contributed by atoms with van der Waals surface area (Å²) in [4.78, 5) is 64.8. The number of hydrogen-bond donors (Lipinski definition) is 2. The van der Waals surface area contributed by atoms with Crippen LogP contribution in [0.5, 0.6) is 0 Å². The minimum atomic E-state index is -1.00. The molecule has 0 aliphatic heterocycles. The molecular weight excluding hydrogens is 472 g/mol. The van der Waals surface area contributed by atoms with Gasteiger partial charge in [0.25, 0.3) is 0 Å². The second-order valence-electron chi connectivity index (χ2n) is 14.2. The largest absolute Gasteiger partial charge is 0.481 e. The molecule has 10 atom stereocenters. The van der Waals surface area contributed by atoms with Gasteiger partial charge in [-0.3, -0.25) is 24.0 Å². The first-order valence-corrected chi connectivity index (χ1v) is 13.9. The van der Waals surface area contributed by atoms with Gasteiger partial charge in [-0.15, -0.1) is 0 Å². The summed E-state index contributed by atoms with van der Waals surface area (Å²) in [7, 11) is 0. The zero-order valence-electron chi connectivity index (χ0n) is 23.4. The summed E-state index contributed by atoms with van der Waals surface area (Å²) < 4.78 is 0. The molecule has 206 valence electrons. The Kier molecular flexibility index (Phi) is 6.71. The van der Waals surface area contributed by atoms with Gasteiger partial charge in [-0.05, 0) is 41.4 Å². The van der Waals surface area contributed by atoms with Gasteiger partial charge in [0, 0.05) is 54.8 Å². The number of carboxylic acids is 1. The summed E-state index contributed by atoms with van der Waals surface area (Å²) in [5, 5.41) is 20.8. The highest BCUT2D eigenvalue weighted by Gasteiger charge is 2.74. The lowest BCUT2D eigenvalue weighted by atomic mass is 9.37. The van der Waals surface area contributed by atoms with Crippen LogP contribution in [0.1, 0.15) is 93.4 Å². The van der Waals surface area contributed by atoms with Crippen molar-refractivity contribution in [3.05, 3.63) is 0 Å². The van der Waals surface area contributed by atoms with Crippen molar-refractivity contribution in [1.29, 1.82) is 0 Å². The van der Waals surface area contributed by atoms with Gasteiger partial charge in [0.2, 0.25) is 0 Å². The molecular formula is C30H44O7. The monoisotopic (exact) mass is 516 g/mol. The van der Waals surface area contributed by atoms with E-state index in [0.29, 0.717) is 19.3 Å². The molecule has 0 heterocycles. The molecule has 4 aliphatic rings. The molecule has 37 heavy (non-hydrogen) atoms. The molecule has 0 radical (unpaired) electrons. The van der Waals surface area contributed by atoms with Gasteiger partial charge >= 0.3 is 5.97 Å². The molecule has 0 aromatic carbocycles. The summed E-state index contributed by atoms with van der Waals surface area (Å²) in [5.74, 6) is -3.36. The van der Waals surface area contributed by atoms with Crippen LogP contribution in [0.15, 0.2) is 0 Å². The third-order valence-electron chi connectivity index (χ3n) is 12.0. The molecule has 0 aromatic heterocycles. The number of aliphatic hydroxyl groups is 1. The number of carbonyl (C=O) groups excluding carboxylic acids is 4. The molecule has 0 aromatic rings. The van der Waals surface area contributed by atoms with Crippen LogP contribution in [0.4, 0.5) is 0 Å². The lowest BCUT2D eigenvalue weighted by molar-refractivity contribution is -0.199. The zero-order valence-corrected chi connectivity index (χ0v) is 23.4. The van der Waals surface area contributed by atoms with Gasteiger partial charge in [0.15, 0.2) is 0 Å². The molecule has 0 bridgehead atoms. The number of hydrogen-bond acceptors (Lipinski definition) is 6. The molecule has 4 rings (SSSR count). The smallest absolute Gasteiger partial charge is 0.306 e. The fourth-order valence-corrected chi connectivity index (χ4v) is 9.64. The average molecular weight is 517 g/mol. The van der Waals surface area contributed by atoms with Gasteiger partial charge in [0.05, 0.1) is 12.0 Å². The quantitative estimate of drug-likeness (QED) is 0.540. The Morgan fingerprint density at radius 3 is 2.19 bits per heavy atom. The second-order valence-corrected chi connectivity index (χ2v) is 14.2. The maximum Gasteiger partial charge on any atom is 0.306 e. The van der Waals surface area contributed by atoms with Gasteiger partial charge in [-0.2, -0.15) is 0 Å². The van der Waals surface area contributed by atoms with E-state index in [1.807, 2.05) is 34.6 Å². The standard InChI is InChI=1S/C30H44O7/c1-15(10-17(31)11-16(2)26(36)37)18-12-23(35)30(7)25-19(32)13-21-27(3,4)22(34)8-9-28(21,5)24(25)20(33)14-29(18,30)6/h15-16,18,21,23-25,35H,8-14H2,1-7H3,(H,36,37)/t15-,16+,18+,21-,23-,24-,25+,28-,29+,30-/m0/s1. The number of aliphatic hydroxyl groups excluding tert-OH is 1. The summed E-state index contributed by atoms with van der Waals surface area (Å²) in [6, 6.07) is 0. The molecule has 2 N–H and O–H groups in total. The Bertz CT molecular complexity index is 1040. The highest BCUT2D eigenvalue weighted by molar-refractivity contribution is 5.96. The van der Waals surface area contributed by atoms with Crippen molar-refractivity contribution in [3.63, 3.8) is 0 Å². The van der Waals surface area contributed by atoms with Crippen molar-refractivity contribution in [2.75, 3.05) is 0 Å². The Balaban J connectivity index is 1.68. The van der Waals surface area contributed by atoms with E-state index in [9.17, 15) is 34.2 Å². The molecule has 0 saturated heterocycles. The van der Waals surface area contributed by atoms with Crippen molar-refractivity contribution < 1.29 is 34.2 Å². The van der Waals surface area contributed by atoms with E-state index in [-0.39, 0.29) is 66.6 Å². The topological polar surface area (TPSA) is 126 Å². The first-order chi connectivity index (χ1) is 16.9. The maximum absolute atomic E-state index is 14.1. The molecule has 0 amide bonds. The highest BCUT2D eigenvalue weighted by atomic mass is 16.4. The normalized spacial score (nSPS) is 44.4. The number of Topliss-reactive ketones (excluding diaryl/α,β-unsaturated/α-hetero) is 4. The summed E-state index contributed by atoms with van der Waals surface area (Å²) >= 11 is 0. The Morgan fingerprint density at radius 1 is 0.973 bits per heavy atom. The van der Waals surface area contributed by atoms with Crippen LogP contribution in [0, 0.1) is 57.2 Å². The maximum atomic E-state index is 14.1. The fourth-order valence-electron chi connectivity index (χ4n) is 9.64. The third kappa shape index (κ3) is 3.81. The Labute approximate surface area is 220 Å². The number of ketones is 4. The van der Waals surface area contributed by atoms with Crippen LogP contribution in [0.25, 0.3) is 0 Å². The van der Waals surface area contributed by atoms with Crippen molar-refractivity contribution in [2.24, 2.45) is 57.2 Å². The second kappa shape index (κ2) is 8.82. The predicted octanol–water partition coefficient (Wildman–Crippen LogP) is 4.28. The van der Waals surface area contributed by atoms with Crippen molar-refractivity contribution in [3.8, 4) is 0 Å². The Morgan fingerprint density at radius 2 is 1.59 bits per heavy atom. The first kappa shape index (κ1) is 28.1. The van der Waals surface area contributed by atoms with E-state index in [1.165, 1.54) is 6.92 Å². The fraction of sp³-hybridized carbons (Fsp3) is 0.833. The molecule has 7 heteroatoms. The minimum Gasteiger partial charge on any atom is -0.481 e. The number of carboxylic acid groups (broad SMARTS) is 1. The Hall–Kier alpha value is -1.89. The zero-order chi connectivity index (χ0) is 27.9. The van der Waals surface area contributed by atoms with Crippen LogP contribution in [0.2, 0.25) is 0 Å². The van der Waals surface area contributed by atoms with Crippen LogP contribution in [-0.4, -0.2) is 45.4 Å². The number of rotatable bonds is 6. The van der Waals surface area contributed by atoms with Crippen LogP contribution in [0.3, 0.4) is 0 Å². The minimum absolute atomic E-state index is 0.0178. The lowest BCUT2D eigenvalue weighted by Crippen LogP contribution is -2.68. The molecule has 4 aliphatic carbocycles. The molecule has 0 spiro atoms. The van der Waals surface area contributed by atoms with Gasteiger partial charge < -0.3 is 10.2 Å². The first-order valence-electron chi connectivity index (χ1n) is 13.9. The van der Waals surface area contributed by atoms with E-state index in [2.05, 4.69) is 6.92 Å². The van der Waals surface area contributed by atoms with Gasteiger partial charge in [0.1, 0.15) is 23.1 Å². The SMILES string of the molecule is C[C@H](CC(=O)C[C@H](C)[C@H]1C[C@H](O)[C@@]2(C)[C@@H]3C(=O)C[C@H]4C(C)(C)C(=O)CC[C@]4(C)[C@H]3C(=O)C[C@]12C)C(=O)O. The van der Waals surface area contributed by atoms with Gasteiger partial charge in [-0.25, -0.2) is 0 Å². The van der Waals surface area contributed by atoms with Crippen LogP contribution < -0.4 is 0 Å². The van der Waals surface area contributed by atoms with Crippen LogP contribution >= 0.6 is 0 Å². The van der Waals surface area contributed by atoms with Gasteiger partial charge in [-0.1, -0.05) is 48.5 Å². The molecule has 0 unspecified atom stereocenters. The summed E-state index contributed by atoms with van der Waals surface area (Å²) in [6.45, 7) is 13.4. The molecule has 4 fully saturated rings. The average Bonchev–Trinajstić information content (AvgIpc) is 2.99. The predicted molar refractivity (Wildman–Crippen MR) is 136 cm³/mol. The van der Waals surface area contributed by atoms with E-state index in [1.54, 1.807) is 0 Å². The van der Waals surface area contributed by atoms with Crippen molar-refractivity contribution in [1.82, 2.24) is 0 Å². The van der Waals surface area contributed by atoms with E-state index >= 15 is 0 Å². The number of carbonyl (C=O) groups is 5. The number of aliphatic carboxylic acids is 1. The van der Waals surface area contributed by atoms with E-state index < -0.39 is 51.5 Å². The van der Waals surface area contributed by atoms with E-state index in [4.69, 9.17) is 0 Å². The van der Waals surface area contributed by atoms with E-state index in [0.717, 1.165) is 0 Å². The third-order valence-corrected chi connectivity index (χ3v) is 12.0. The lowest BCUT2D eigenvalue weighted by Gasteiger charge is -2.65. The highest BCUT2D eigenvalue weighted by Crippen LogP contribution is 2.73. The summed E-state index contributed by atoms with van der Waals surface area (Å²) in [6.07, 6.45) is 1.22.